The molecule has 0 saturated carbocycles. The van der Waals surface area contributed by atoms with Gasteiger partial charge in [-0.3, -0.25) is 14.0 Å². The molecule has 1 aliphatic rings. The summed E-state index contributed by atoms with van der Waals surface area (Å²) in [5.74, 6) is 0.691. The number of halogens is 2. The monoisotopic (exact) mass is 529 g/mol. The number of carbonyl (C=O) groups excluding carboxylic acids is 1. The van der Waals surface area contributed by atoms with Gasteiger partial charge >= 0.3 is 0 Å². The molecule has 1 aliphatic heterocycles. The molecule has 5 rings (SSSR count). The van der Waals surface area contributed by atoms with Gasteiger partial charge in [-0.2, -0.15) is 5.10 Å². The second-order valence-electron chi connectivity index (χ2n) is 9.14. The lowest BCUT2D eigenvalue weighted by Gasteiger charge is -2.30. The second-order valence-corrected chi connectivity index (χ2v) is 10.8. The van der Waals surface area contributed by atoms with E-state index in [2.05, 4.69) is 11.9 Å². The third-order valence-corrected chi connectivity index (χ3v) is 8.19. The highest BCUT2D eigenvalue weighted by molar-refractivity contribution is 7.15. The van der Waals surface area contributed by atoms with Crippen molar-refractivity contribution in [3.8, 4) is 16.9 Å². The van der Waals surface area contributed by atoms with Gasteiger partial charge < -0.3 is 4.90 Å². The van der Waals surface area contributed by atoms with Gasteiger partial charge in [0.2, 0.25) is 5.91 Å². The van der Waals surface area contributed by atoms with E-state index in [-0.39, 0.29) is 17.9 Å². The van der Waals surface area contributed by atoms with Crippen molar-refractivity contribution in [2.75, 3.05) is 13.1 Å². The number of rotatable bonds is 4. The Hall–Kier alpha value is -2.68. The van der Waals surface area contributed by atoms with Crippen molar-refractivity contribution in [1.82, 2.24) is 24.1 Å². The fourth-order valence-corrected chi connectivity index (χ4v) is 5.74. The first kappa shape index (κ1) is 24.0. The lowest BCUT2D eigenvalue weighted by Crippen LogP contribution is -2.39. The molecule has 4 heterocycles. The number of nitrogens with zero attached hydrogens (tertiary/aromatic N) is 5. The van der Waals surface area contributed by atoms with Crippen molar-refractivity contribution < 1.29 is 4.79 Å². The number of benzene rings is 1. The van der Waals surface area contributed by atoms with Crippen molar-refractivity contribution >= 4 is 45.4 Å². The van der Waals surface area contributed by atoms with Crippen LogP contribution in [-0.2, 0) is 11.2 Å². The topological polar surface area (TPSA) is 72.5 Å². The van der Waals surface area contributed by atoms with E-state index in [1.165, 1.54) is 11.3 Å². The van der Waals surface area contributed by atoms with Gasteiger partial charge in [0.15, 0.2) is 4.96 Å². The van der Waals surface area contributed by atoms with Crippen LogP contribution in [-0.4, -0.2) is 43.1 Å². The Morgan fingerprint density at radius 1 is 1.14 bits per heavy atom. The first-order valence-corrected chi connectivity index (χ1v) is 13.2. The number of likely N-dealkylation sites (tertiary alicyclic amines) is 1. The molecule has 7 nitrogen and oxygen atoms in total. The molecule has 1 fully saturated rings. The highest BCUT2D eigenvalue weighted by Crippen LogP contribution is 2.27. The largest absolute Gasteiger partial charge is 0.342 e. The number of amides is 1. The van der Waals surface area contributed by atoms with E-state index in [1.807, 2.05) is 36.3 Å². The summed E-state index contributed by atoms with van der Waals surface area (Å²) in [6, 6.07) is 7.12. The normalized spacial score (nSPS) is 14.7. The molecule has 3 aromatic heterocycles. The molecular formula is C25H25Cl2N5O2S. The van der Waals surface area contributed by atoms with Crippen LogP contribution in [0.25, 0.3) is 21.9 Å². The van der Waals surface area contributed by atoms with Gasteiger partial charge in [-0.15, -0.1) is 11.3 Å². The number of hydrogen-bond acceptors (Lipinski definition) is 5. The van der Waals surface area contributed by atoms with Crippen LogP contribution in [0.5, 0.6) is 0 Å². The Kier molecular flexibility index (Phi) is 6.46. The maximum atomic E-state index is 13.7. The van der Waals surface area contributed by atoms with Gasteiger partial charge in [-0.05, 0) is 56.9 Å². The summed E-state index contributed by atoms with van der Waals surface area (Å²) in [7, 11) is 0. The van der Waals surface area contributed by atoms with Crippen LogP contribution in [0.2, 0.25) is 10.0 Å². The average molecular weight is 530 g/mol. The molecule has 35 heavy (non-hydrogen) atoms. The molecule has 1 saturated heterocycles. The van der Waals surface area contributed by atoms with Gasteiger partial charge in [-0.25, -0.2) is 9.67 Å². The lowest BCUT2D eigenvalue weighted by atomic mass is 9.99. The molecule has 0 aliphatic carbocycles. The smallest absolute Gasteiger partial charge is 0.268 e. The minimum atomic E-state index is -0.220. The van der Waals surface area contributed by atoms with Crippen LogP contribution in [0.4, 0.5) is 0 Å². The van der Waals surface area contributed by atoms with Crippen molar-refractivity contribution in [2.24, 2.45) is 5.92 Å². The van der Waals surface area contributed by atoms with Gasteiger partial charge in [0.25, 0.3) is 5.56 Å². The minimum absolute atomic E-state index is 0.0466. The van der Waals surface area contributed by atoms with Gasteiger partial charge in [0.1, 0.15) is 5.69 Å². The van der Waals surface area contributed by atoms with E-state index in [1.54, 1.807) is 21.2 Å². The zero-order valence-electron chi connectivity index (χ0n) is 19.7. The fourth-order valence-electron chi connectivity index (χ4n) is 4.52. The van der Waals surface area contributed by atoms with E-state index in [9.17, 15) is 9.59 Å². The number of fused-ring (bicyclic) bond motifs is 1. The maximum absolute atomic E-state index is 13.7. The van der Waals surface area contributed by atoms with E-state index in [0.29, 0.717) is 43.6 Å². The number of thiazole rings is 1. The van der Waals surface area contributed by atoms with E-state index in [4.69, 9.17) is 28.3 Å². The zero-order chi connectivity index (χ0) is 24.9. The van der Waals surface area contributed by atoms with Crippen LogP contribution >= 0.6 is 34.5 Å². The number of aromatic nitrogens is 4. The zero-order valence-corrected chi connectivity index (χ0v) is 22.0. The first-order valence-electron chi connectivity index (χ1n) is 11.5. The molecule has 0 unspecified atom stereocenters. The summed E-state index contributed by atoms with van der Waals surface area (Å²) in [4.78, 5) is 33.8. The first-order chi connectivity index (χ1) is 16.7. The van der Waals surface area contributed by atoms with Crippen LogP contribution in [0, 0.1) is 19.8 Å². The quantitative estimate of drug-likeness (QED) is 0.358. The Morgan fingerprint density at radius 3 is 2.60 bits per heavy atom. The molecular weight excluding hydrogens is 505 g/mol. The molecule has 10 heteroatoms. The Bertz CT molecular complexity index is 1500. The van der Waals surface area contributed by atoms with E-state index in [0.717, 1.165) is 37.3 Å². The SMILES string of the molecule is Cc1nc2scc(CC(=O)N3CCC(C)CC3)n2c(=O)c1-c1cc(C)n(-c2ccc(Cl)c(Cl)c2)n1. The molecule has 1 aromatic carbocycles. The predicted octanol–water partition coefficient (Wildman–Crippen LogP) is 5.33. The third-order valence-electron chi connectivity index (χ3n) is 6.58. The third kappa shape index (κ3) is 4.50. The number of piperidine rings is 1. The highest BCUT2D eigenvalue weighted by Gasteiger charge is 2.24. The van der Waals surface area contributed by atoms with Crippen molar-refractivity contribution in [3.63, 3.8) is 0 Å². The summed E-state index contributed by atoms with van der Waals surface area (Å²) in [6.07, 6.45) is 2.21. The van der Waals surface area contributed by atoms with Gasteiger partial charge in [0.05, 0.1) is 33.4 Å². The van der Waals surface area contributed by atoms with Crippen LogP contribution in [0.1, 0.15) is 36.8 Å². The average Bonchev–Trinajstić information content (AvgIpc) is 3.39. The molecule has 4 aromatic rings. The molecule has 0 bridgehead atoms. The van der Waals surface area contributed by atoms with Crippen molar-refractivity contribution in [2.45, 2.75) is 40.0 Å². The molecule has 182 valence electrons. The number of aryl methyl sites for hydroxylation is 2. The van der Waals surface area contributed by atoms with E-state index < -0.39 is 0 Å². The summed E-state index contributed by atoms with van der Waals surface area (Å²) < 4.78 is 3.28. The second kappa shape index (κ2) is 9.41. The summed E-state index contributed by atoms with van der Waals surface area (Å²) in [5.41, 5.74) is 3.55. The standard InChI is InChI=1S/C25H25Cl2N5O2S/c1-14-6-8-30(9-7-14)22(33)12-18-13-35-25-28-16(3)23(24(34)31(18)25)21-10-15(2)32(29-21)17-4-5-19(26)20(27)11-17/h4-5,10-11,13-14H,6-9,12H2,1-3H3. The van der Waals surface area contributed by atoms with Gasteiger partial charge in [-0.1, -0.05) is 30.1 Å². The van der Waals surface area contributed by atoms with Gasteiger partial charge in [0, 0.05) is 29.9 Å². The fraction of sp³-hybridized carbons (Fsp3) is 0.360. The number of carbonyl (C=O) groups is 1. The number of hydrogen-bond donors (Lipinski definition) is 0. The lowest BCUT2D eigenvalue weighted by molar-refractivity contribution is -0.131. The highest BCUT2D eigenvalue weighted by atomic mass is 35.5. The van der Waals surface area contributed by atoms with Crippen LogP contribution in [0.15, 0.2) is 34.4 Å². The predicted molar refractivity (Wildman–Crippen MR) is 140 cm³/mol. The Labute approximate surface area is 216 Å². The molecule has 1 amide bonds. The summed E-state index contributed by atoms with van der Waals surface area (Å²) in [5, 5.41) is 7.44. The Balaban J connectivity index is 1.53. The van der Waals surface area contributed by atoms with Crippen molar-refractivity contribution in [3.05, 3.63) is 67.1 Å². The molecule has 0 atom stereocenters. The summed E-state index contributed by atoms with van der Waals surface area (Å²) in [6.45, 7) is 7.47. The van der Waals surface area contributed by atoms with Crippen LogP contribution < -0.4 is 5.56 Å². The maximum Gasteiger partial charge on any atom is 0.268 e. The van der Waals surface area contributed by atoms with E-state index >= 15 is 0 Å². The molecule has 0 radical (unpaired) electrons. The minimum Gasteiger partial charge on any atom is -0.342 e. The Morgan fingerprint density at radius 2 is 1.89 bits per heavy atom. The molecule has 0 N–H and O–H groups in total. The summed E-state index contributed by atoms with van der Waals surface area (Å²) >= 11 is 13.6. The van der Waals surface area contributed by atoms with Crippen molar-refractivity contribution in [1.29, 1.82) is 0 Å². The molecule has 0 spiro atoms. The van der Waals surface area contributed by atoms with Crippen LogP contribution in [0.3, 0.4) is 0 Å².